The molecule has 0 atom stereocenters. The number of nitrogens with zero attached hydrogens (tertiary/aromatic N) is 2. The van der Waals surface area contributed by atoms with Crippen molar-refractivity contribution in [3.05, 3.63) is 63.6 Å². The molecule has 4 nitrogen and oxygen atoms in total. The molecule has 0 bridgehead atoms. The van der Waals surface area contributed by atoms with Crippen LogP contribution in [0.1, 0.15) is 16.8 Å². The van der Waals surface area contributed by atoms with Gasteiger partial charge in [-0.2, -0.15) is 5.10 Å². The van der Waals surface area contributed by atoms with E-state index in [2.05, 4.69) is 26.3 Å². The topological polar surface area (TPSA) is 44.7 Å². The van der Waals surface area contributed by atoms with Gasteiger partial charge in [0.05, 0.1) is 16.3 Å². The van der Waals surface area contributed by atoms with Crippen LogP contribution >= 0.6 is 27.5 Å². The Morgan fingerprint density at radius 2 is 1.91 bits per heavy atom. The summed E-state index contributed by atoms with van der Waals surface area (Å²) < 4.78 is 0.758. The molecule has 1 N–H and O–H groups in total. The number of carbonyl (C=O) groups excluding carboxylic acids is 1. The van der Waals surface area contributed by atoms with Gasteiger partial charge in [-0.25, -0.2) is 0 Å². The molecular weight excluding hydrogens is 366 g/mol. The summed E-state index contributed by atoms with van der Waals surface area (Å²) in [6.45, 7) is 0.690. The third-order valence-corrected chi connectivity index (χ3v) is 4.32. The maximum atomic E-state index is 12.3. The first-order valence-electron chi connectivity index (χ1n) is 6.80. The van der Waals surface area contributed by atoms with Gasteiger partial charge in [-0.15, -0.1) is 0 Å². The largest absolute Gasteiger partial charge is 0.309 e. The van der Waals surface area contributed by atoms with Crippen LogP contribution in [-0.4, -0.2) is 18.3 Å². The van der Waals surface area contributed by atoms with Crippen molar-refractivity contribution in [3.8, 4) is 0 Å². The number of para-hydroxylation sites is 1. The molecule has 0 radical (unpaired) electrons. The zero-order valence-corrected chi connectivity index (χ0v) is 13.9. The maximum Gasteiger partial charge on any atom is 0.257 e. The van der Waals surface area contributed by atoms with Gasteiger partial charge in [0, 0.05) is 17.4 Å². The Morgan fingerprint density at radius 3 is 2.68 bits per heavy atom. The van der Waals surface area contributed by atoms with Crippen molar-refractivity contribution in [2.24, 2.45) is 5.10 Å². The first-order valence-corrected chi connectivity index (χ1v) is 7.97. The fourth-order valence-corrected chi connectivity index (χ4v) is 2.92. The third kappa shape index (κ3) is 3.15. The third-order valence-electron chi connectivity index (χ3n) is 3.31. The lowest BCUT2D eigenvalue weighted by Crippen LogP contribution is -2.29. The monoisotopic (exact) mass is 377 g/mol. The van der Waals surface area contributed by atoms with Gasteiger partial charge in [-0.3, -0.25) is 9.80 Å². The number of hydrogen-bond donors (Lipinski definition) is 1. The molecule has 1 aliphatic rings. The van der Waals surface area contributed by atoms with E-state index in [9.17, 15) is 4.79 Å². The molecule has 0 unspecified atom stereocenters. The predicted octanol–water partition coefficient (Wildman–Crippen LogP) is 4.06. The molecule has 0 saturated heterocycles. The predicted molar refractivity (Wildman–Crippen MR) is 92.5 cm³/mol. The van der Waals surface area contributed by atoms with Gasteiger partial charge in [0.2, 0.25) is 0 Å². The van der Waals surface area contributed by atoms with Crippen molar-refractivity contribution in [2.75, 3.05) is 11.6 Å². The highest BCUT2D eigenvalue weighted by atomic mass is 79.9. The van der Waals surface area contributed by atoms with E-state index in [4.69, 9.17) is 11.6 Å². The standard InChI is InChI=1S/C16H13BrClN3O/c17-12-6-2-1-5-11(12)16(22)19-15-9-10-21(20-15)14-8-4-3-7-13(14)18/h1-8H,9-10H2,(H,19,20,22). The van der Waals surface area contributed by atoms with Crippen molar-refractivity contribution >= 4 is 45.0 Å². The van der Waals surface area contributed by atoms with Crippen LogP contribution < -0.4 is 10.3 Å². The van der Waals surface area contributed by atoms with Gasteiger partial charge in [0.15, 0.2) is 0 Å². The number of hydrazone groups is 1. The number of amidine groups is 1. The zero-order chi connectivity index (χ0) is 15.5. The summed E-state index contributed by atoms with van der Waals surface area (Å²) in [6.07, 6.45) is 0.668. The van der Waals surface area contributed by atoms with Crippen LogP contribution in [0.25, 0.3) is 0 Å². The average Bonchev–Trinajstić information content (AvgIpc) is 2.96. The number of halogens is 2. The highest BCUT2D eigenvalue weighted by Gasteiger charge is 2.20. The zero-order valence-electron chi connectivity index (χ0n) is 11.6. The molecule has 1 heterocycles. The van der Waals surface area contributed by atoms with Crippen LogP contribution in [0.4, 0.5) is 5.69 Å². The van der Waals surface area contributed by atoms with E-state index in [1.807, 2.05) is 42.5 Å². The Hall–Kier alpha value is -1.85. The van der Waals surface area contributed by atoms with Crippen LogP contribution in [0.5, 0.6) is 0 Å². The number of amides is 1. The van der Waals surface area contributed by atoms with E-state index in [-0.39, 0.29) is 5.91 Å². The fourth-order valence-electron chi connectivity index (χ4n) is 2.22. The molecular formula is C16H13BrClN3O. The summed E-state index contributed by atoms with van der Waals surface area (Å²) in [5.74, 6) is 0.466. The second-order valence-corrected chi connectivity index (χ2v) is 6.07. The molecule has 0 aliphatic carbocycles. The highest BCUT2D eigenvalue weighted by molar-refractivity contribution is 9.10. The van der Waals surface area contributed by atoms with Crippen LogP contribution in [0.3, 0.4) is 0 Å². The van der Waals surface area contributed by atoms with Crippen molar-refractivity contribution in [1.29, 1.82) is 0 Å². The Labute approximate surface area is 141 Å². The quantitative estimate of drug-likeness (QED) is 0.856. The molecule has 2 aromatic rings. The van der Waals surface area contributed by atoms with Gasteiger partial charge in [0.1, 0.15) is 5.84 Å². The van der Waals surface area contributed by atoms with Crippen LogP contribution in [-0.2, 0) is 0 Å². The molecule has 2 aromatic carbocycles. The van der Waals surface area contributed by atoms with E-state index >= 15 is 0 Å². The van der Waals surface area contributed by atoms with Crippen LogP contribution in [0.15, 0.2) is 58.1 Å². The molecule has 3 rings (SSSR count). The summed E-state index contributed by atoms with van der Waals surface area (Å²) in [7, 11) is 0. The van der Waals surface area contributed by atoms with Crippen molar-refractivity contribution in [3.63, 3.8) is 0 Å². The number of rotatable bonds is 2. The summed E-state index contributed by atoms with van der Waals surface area (Å²) in [5.41, 5.74) is 1.43. The number of anilines is 1. The number of nitrogens with one attached hydrogen (secondary N) is 1. The lowest BCUT2D eigenvalue weighted by molar-refractivity contribution is 0.0976. The molecule has 6 heteroatoms. The summed E-state index contributed by atoms with van der Waals surface area (Å²) in [4.78, 5) is 12.3. The Morgan fingerprint density at radius 1 is 1.18 bits per heavy atom. The lowest BCUT2D eigenvalue weighted by atomic mass is 10.2. The molecule has 112 valence electrons. The van der Waals surface area contributed by atoms with Crippen molar-refractivity contribution < 1.29 is 4.79 Å². The maximum absolute atomic E-state index is 12.3. The van der Waals surface area contributed by atoms with Gasteiger partial charge in [-0.05, 0) is 40.2 Å². The average molecular weight is 379 g/mol. The molecule has 22 heavy (non-hydrogen) atoms. The molecule has 1 aliphatic heterocycles. The Balaban J connectivity index is 1.75. The second kappa shape index (κ2) is 6.50. The SMILES string of the molecule is O=C(NC1=NN(c2ccccc2Cl)CC1)c1ccccc1Br. The molecule has 0 aromatic heterocycles. The molecule has 0 fully saturated rings. The Kier molecular flexibility index (Phi) is 4.45. The highest BCUT2D eigenvalue weighted by Crippen LogP contribution is 2.27. The molecule has 0 spiro atoms. The summed E-state index contributed by atoms with van der Waals surface area (Å²) in [5, 5.41) is 9.73. The molecule has 0 saturated carbocycles. The summed E-state index contributed by atoms with van der Waals surface area (Å²) in [6, 6.07) is 14.8. The van der Waals surface area contributed by atoms with E-state index in [1.54, 1.807) is 11.1 Å². The van der Waals surface area contributed by atoms with Gasteiger partial charge < -0.3 is 5.32 Å². The van der Waals surface area contributed by atoms with E-state index in [1.165, 1.54) is 0 Å². The van der Waals surface area contributed by atoms with E-state index in [0.29, 0.717) is 29.4 Å². The Bertz CT molecular complexity index is 748. The number of hydrogen-bond acceptors (Lipinski definition) is 3. The van der Waals surface area contributed by atoms with E-state index in [0.717, 1.165) is 10.2 Å². The first-order chi connectivity index (χ1) is 10.6. The van der Waals surface area contributed by atoms with E-state index < -0.39 is 0 Å². The number of carbonyl (C=O) groups is 1. The van der Waals surface area contributed by atoms with Crippen LogP contribution in [0, 0.1) is 0 Å². The lowest BCUT2D eigenvalue weighted by Gasteiger charge is -2.14. The minimum Gasteiger partial charge on any atom is -0.309 e. The van der Waals surface area contributed by atoms with Gasteiger partial charge >= 0.3 is 0 Å². The second-order valence-electron chi connectivity index (χ2n) is 4.81. The van der Waals surface area contributed by atoms with Gasteiger partial charge in [-0.1, -0.05) is 35.9 Å². The van der Waals surface area contributed by atoms with Crippen molar-refractivity contribution in [2.45, 2.75) is 6.42 Å². The van der Waals surface area contributed by atoms with Crippen LogP contribution in [0.2, 0.25) is 5.02 Å². The normalized spacial score (nSPS) is 13.9. The van der Waals surface area contributed by atoms with Crippen molar-refractivity contribution in [1.82, 2.24) is 5.32 Å². The summed E-state index contributed by atoms with van der Waals surface area (Å²) >= 11 is 9.55. The number of benzene rings is 2. The smallest absolute Gasteiger partial charge is 0.257 e. The first kappa shape index (κ1) is 15.1. The fraction of sp³-hybridized carbons (Fsp3) is 0.125. The molecule has 1 amide bonds. The minimum atomic E-state index is -0.174. The minimum absolute atomic E-state index is 0.174. The van der Waals surface area contributed by atoms with Gasteiger partial charge in [0.25, 0.3) is 5.91 Å².